The standard InChI is InChI=1S/C16H21BrN4S/c1-4-12-6-8-13(9-7-12)18-16(22)20(3)11-15-14(17)10-21(5-2)19-15/h6-10H,4-5,11H2,1-3H3,(H,18,22). The molecule has 0 saturated carbocycles. The Morgan fingerprint density at radius 3 is 2.55 bits per heavy atom. The molecule has 0 spiro atoms. The van der Waals surface area contributed by atoms with Crippen LogP contribution in [0, 0.1) is 0 Å². The second kappa shape index (κ2) is 7.74. The topological polar surface area (TPSA) is 33.1 Å². The summed E-state index contributed by atoms with van der Waals surface area (Å²) in [6.45, 7) is 5.73. The molecule has 2 rings (SSSR count). The van der Waals surface area contributed by atoms with Crippen molar-refractivity contribution in [3.63, 3.8) is 0 Å². The lowest BCUT2D eigenvalue weighted by molar-refractivity contribution is 0.491. The van der Waals surface area contributed by atoms with Crippen molar-refractivity contribution in [2.45, 2.75) is 33.4 Å². The Morgan fingerprint density at radius 2 is 2.00 bits per heavy atom. The van der Waals surface area contributed by atoms with Gasteiger partial charge in [-0.25, -0.2) is 0 Å². The van der Waals surface area contributed by atoms with Crippen molar-refractivity contribution in [1.29, 1.82) is 0 Å². The van der Waals surface area contributed by atoms with E-state index in [0.29, 0.717) is 11.7 Å². The summed E-state index contributed by atoms with van der Waals surface area (Å²) in [6, 6.07) is 8.34. The number of aryl methyl sites for hydroxylation is 2. The summed E-state index contributed by atoms with van der Waals surface area (Å²) >= 11 is 9.01. The van der Waals surface area contributed by atoms with Gasteiger partial charge in [-0.05, 0) is 59.2 Å². The highest BCUT2D eigenvalue weighted by Crippen LogP contribution is 2.17. The van der Waals surface area contributed by atoms with Gasteiger partial charge in [0.2, 0.25) is 0 Å². The Hall–Kier alpha value is -1.40. The van der Waals surface area contributed by atoms with Crippen molar-refractivity contribution < 1.29 is 0 Å². The van der Waals surface area contributed by atoms with Crippen LogP contribution in [0.4, 0.5) is 5.69 Å². The van der Waals surface area contributed by atoms with E-state index >= 15 is 0 Å². The summed E-state index contributed by atoms with van der Waals surface area (Å²) in [5.74, 6) is 0. The maximum Gasteiger partial charge on any atom is 0.173 e. The van der Waals surface area contributed by atoms with Crippen molar-refractivity contribution in [2.24, 2.45) is 0 Å². The van der Waals surface area contributed by atoms with E-state index in [1.807, 2.05) is 22.8 Å². The zero-order valence-corrected chi connectivity index (χ0v) is 15.5. The third kappa shape index (κ3) is 4.30. The molecule has 0 bridgehead atoms. The van der Waals surface area contributed by atoms with E-state index in [1.54, 1.807) is 0 Å². The average Bonchev–Trinajstić information content (AvgIpc) is 2.88. The first kappa shape index (κ1) is 17.0. The molecular formula is C16H21BrN4S. The monoisotopic (exact) mass is 380 g/mol. The third-order valence-corrected chi connectivity index (χ3v) is 4.53. The minimum atomic E-state index is 0.659. The molecule has 0 unspecified atom stereocenters. The molecule has 0 radical (unpaired) electrons. The van der Waals surface area contributed by atoms with E-state index in [1.165, 1.54) is 5.56 Å². The highest BCUT2D eigenvalue weighted by Gasteiger charge is 2.11. The number of rotatable bonds is 5. The normalized spacial score (nSPS) is 10.5. The zero-order chi connectivity index (χ0) is 16.1. The van der Waals surface area contributed by atoms with Gasteiger partial charge in [0.25, 0.3) is 0 Å². The molecule has 0 aliphatic rings. The number of halogens is 1. The fraction of sp³-hybridized carbons (Fsp3) is 0.375. The molecule has 4 nitrogen and oxygen atoms in total. The van der Waals surface area contributed by atoms with Crippen molar-refractivity contribution in [3.8, 4) is 0 Å². The Morgan fingerprint density at radius 1 is 1.32 bits per heavy atom. The highest BCUT2D eigenvalue weighted by molar-refractivity contribution is 9.10. The summed E-state index contributed by atoms with van der Waals surface area (Å²) in [7, 11) is 1.97. The van der Waals surface area contributed by atoms with Crippen molar-refractivity contribution >= 4 is 38.9 Å². The summed E-state index contributed by atoms with van der Waals surface area (Å²) in [6.07, 6.45) is 3.03. The van der Waals surface area contributed by atoms with Crippen LogP contribution in [0.15, 0.2) is 34.9 Å². The van der Waals surface area contributed by atoms with Crippen LogP contribution in [-0.4, -0.2) is 26.8 Å². The second-order valence-corrected chi connectivity index (χ2v) is 6.36. The van der Waals surface area contributed by atoms with Crippen molar-refractivity contribution in [1.82, 2.24) is 14.7 Å². The molecule has 1 N–H and O–H groups in total. The van der Waals surface area contributed by atoms with Gasteiger partial charge < -0.3 is 10.2 Å². The van der Waals surface area contributed by atoms with E-state index in [2.05, 4.69) is 64.5 Å². The van der Waals surface area contributed by atoms with Gasteiger partial charge in [-0.1, -0.05) is 19.1 Å². The smallest absolute Gasteiger partial charge is 0.173 e. The Labute approximate surface area is 145 Å². The first-order valence-corrected chi connectivity index (χ1v) is 8.56. The number of anilines is 1. The molecule has 1 heterocycles. The van der Waals surface area contributed by atoms with Gasteiger partial charge in [0.15, 0.2) is 5.11 Å². The fourth-order valence-electron chi connectivity index (χ4n) is 2.05. The molecule has 0 amide bonds. The van der Waals surface area contributed by atoms with Crippen LogP contribution in [0.1, 0.15) is 25.1 Å². The summed E-state index contributed by atoms with van der Waals surface area (Å²) in [5.41, 5.74) is 3.31. The number of nitrogens with one attached hydrogen (secondary N) is 1. The van der Waals surface area contributed by atoms with Gasteiger partial charge in [0, 0.05) is 25.5 Å². The molecule has 0 aliphatic heterocycles. The minimum Gasteiger partial charge on any atom is -0.346 e. The number of thiocarbonyl (C=S) groups is 1. The van der Waals surface area contributed by atoms with Crippen LogP contribution in [-0.2, 0) is 19.5 Å². The fourth-order valence-corrected chi connectivity index (χ4v) is 2.67. The first-order valence-electron chi connectivity index (χ1n) is 7.36. The first-order chi connectivity index (χ1) is 10.5. The number of benzene rings is 1. The van der Waals surface area contributed by atoms with Crippen LogP contribution in [0.5, 0.6) is 0 Å². The number of nitrogens with zero attached hydrogens (tertiary/aromatic N) is 3. The molecule has 0 aliphatic carbocycles. The molecule has 0 atom stereocenters. The van der Waals surface area contributed by atoms with E-state index in [9.17, 15) is 0 Å². The lowest BCUT2D eigenvalue weighted by atomic mass is 10.1. The summed E-state index contributed by atoms with van der Waals surface area (Å²) in [5, 5.41) is 8.46. The van der Waals surface area contributed by atoms with Crippen LogP contribution in [0.25, 0.3) is 0 Å². The summed E-state index contributed by atoms with van der Waals surface area (Å²) in [4.78, 5) is 1.98. The SMILES string of the molecule is CCc1ccc(NC(=S)N(C)Cc2nn(CC)cc2Br)cc1. The zero-order valence-electron chi connectivity index (χ0n) is 13.1. The van der Waals surface area contributed by atoms with Crippen LogP contribution >= 0.6 is 28.1 Å². The molecule has 22 heavy (non-hydrogen) atoms. The molecule has 118 valence electrons. The van der Waals surface area contributed by atoms with Gasteiger partial charge in [-0.2, -0.15) is 5.10 Å². The quantitative estimate of drug-likeness (QED) is 0.792. The van der Waals surface area contributed by atoms with Gasteiger partial charge >= 0.3 is 0 Å². The molecular weight excluding hydrogens is 360 g/mol. The molecule has 2 aromatic rings. The number of aromatic nitrogens is 2. The number of hydrogen-bond donors (Lipinski definition) is 1. The van der Waals surface area contributed by atoms with Crippen LogP contribution < -0.4 is 5.32 Å². The number of hydrogen-bond acceptors (Lipinski definition) is 2. The van der Waals surface area contributed by atoms with Crippen LogP contribution in [0.2, 0.25) is 0 Å². The van der Waals surface area contributed by atoms with E-state index in [-0.39, 0.29) is 0 Å². The predicted octanol–water partition coefficient (Wildman–Crippen LogP) is 4.06. The van der Waals surface area contributed by atoms with E-state index in [0.717, 1.165) is 28.8 Å². The minimum absolute atomic E-state index is 0.659. The Kier molecular flexibility index (Phi) is 5.97. The molecule has 1 aromatic carbocycles. The lowest BCUT2D eigenvalue weighted by Gasteiger charge is -2.20. The predicted molar refractivity (Wildman–Crippen MR) is 99.1 cm³/mol. The van der Waals surface area contributed by atoms with Crippen LogP contribution in [0.3, 0.4) is 0 Å². The maximum absolute atomic E-state index is 5.46. The summed E-state index contributed by atoms with van der Waals surface area (Å²) < 4.78 is 2.92. The maximum atomic E-state index is 5.46. The Balaban J connectivity index is 1.97. The van der Waals surface area contributed by atoms with E-state index in [4.69, 9.17) is 12.2 Å². The average molecular weight is 381 g/mol. The largest absolute Gasteiger partial charge is 0.346 e. The van der Waals surface area contributed by atoms with Gasteiger partial charge in [0.05, 0.1) is 16.7 Å². The van der Waals surface area contributed by atoms with Crippen molar-refractivity contribution in [2.75, 3.05) is 12.4 Å². The molecule has 6 heteroatoms. The molecule has 0 fully saturated rings. The van der Waals surface area contributed by atoms with E-state index < -0.39 is 0 Å². The van der Waals surface area contributed by atoms with Gasteiger partial charge in [-0.15, -0.1) is 0 Å². The second-order valence-electron chi connectivity index (χ2n) is 5.12. The van der Waals surface area contributed by atoms with Gasteiger partial charge in [-0.3, -0.25) is 4.68 Å². The lowest BCUT2D eigenvalue weighted by Crippen LogP contribution is -2.30. The molecule has 0 saturated heterocycles. The Bertz CT molecular complexity index is 636. The molecule has 1 aromatic heterocycles. The van der Waals surface area contributed by atoms with Gasteiger partial charge in [0.1, 0.15) is 0 Å². The third-order valence-electron chi connectivity index (χ3n) is 3.46. The van der Waals surface area contributed by atoms with Crippen molar-refractivity contribution in [3.05, 3.63) is 46.2 Å². The highest BCUT2D eigenvalue weighted by atomic mass is 79.9.